The average molecular weight is 196 g/mol. The molecule has 0 amide bonds. The van der Waals surface area contributed by atoms with Gasteiger partial charge in [-0.3, -0.25) is 0 Å². The van der Waals surface area contributed by atoms with Gasteiger partial charge in [0.05, 0.1) is 12.2 Å². The van der Waals surface area contributed by atoms with Gasteiger partial charge in [-0.05, 0) is 6.92 Å². The van der Waals surface area contributed by atoms with Crippen LogP contribution in [-0.2, 0) is 4.74 Å². The van der Waals surface area contributed by atoms with Crippen LogP contribution in [0.25, 0.3) is 0 Å². The van der Waals surface area contributed by atoms with E-state index in [0.29, 0.717) is 6.42 Å². The molecule has 2 N–H and O–H groups in total. The Morgan fingerprint density at radius 2 is 2.09 bits per heavy atom. The first-order chi connectivity index (χ1) is 4.96. The van der Waals surface area contributed by atoms with Crippen molar-refractivity contribution in [3.63, 3.8) is 0 Å². The number of aliphatic hydroxyl groups is 2. The number of hydrogen-bond donors (Lipinski definition) is 4. The second-order valence-corrected chi connectivity index (χ2v) is 4.05. The zero-order valence-electron chi connectivity index (χ0n) is 6.14. The highest BCUT2D eigenvalue weighted by Crippen LogP contribution is 2.46. The Kier molecular flexibility index (Phi) is 2.76. The van der Waals surface area contributed by atoms with Gasteiger partial charge in [0, 0.05) is 6.42 Å². The van der Waals surface area contributed by atoms with E-state index in [1.165, 1.54) is 6.92 Å². The molecule has 0 aromatic rings. The van der Waals surface area contributed by atoms with Crippen molar-refractivity contribution >= 4 is 25.3 Å². The molecule has 0 radical (unpaired) electrons. The summed E-state index contributed by atoms with van der Waals surface area (Å²) in [5.41, 5.74) is -0.223. The standard InChI is InChI=1S/C6H12O3S2/c1-3(7)4(8)2-6(11)5(10)9-6/h3-5,7-8,10-11H,2H2,1H3. The Bertz CT molecular complexity index is 153. The zero-order chi connectivity index (χ0) is 8.65. The minimum absolute atomic E-state index is 0.223. The molecule has 1 aliphatic rings. The van der Waals surface area contributed by atoms with E-state index in [0.717, 1.165) is 0 Å². The zero-order valence-corrected chi connectivity index (χ0v) is 7.93. The maximum atomic E-state index is 9.21. The second kappa shape index (κ2) is 3.14. The van der Waals surface area contributed by atoms with Crippen LogP contribution in [0.5, 0.6) is 0 Å². The van der Waals surface area contributed by atoms with Gasteiger partial charge in [0.1, 0.15) is 5.44 Å². The molecule has 0 saturated carbocycles. The van der Waals surface area contributed by atoms with Crippen molar-refractivity contribution in [1.29, 1.82) is 0 Å². The molecule has 1 rings (SSSR count). The predicted molar refractivity (Wildman–Crippen MR) is 47.9 cm³/mol. The van der Waals surface area contributed by atoms with Crippen molar-refractivity contribution in [2.24, 2.45) is 0 Å². The first-order valence-corrected chi connectivity index (χ1v) is 4.36. The fraction of sp³-hybridized carbons (Fsp3) is 1.00. The lowest BCUT2D eigenvalue weighted by molar-refractivity contribution is 0.0194. The third kappa shape index (κ3) is 2.26. The molecule has 4 atom stereocenters. The van der Waals surface area contributed by atoms with Crippen LogP contribution in [0.15, 0.2) is 0 Å². The topological polar surface area (TPSA) is 53.0 Å². The molecule has 66 valence electrons. The quantitative estimate of drug-likeness (QED) is 0.380. The summed E-state index contributed by atoms with van der Waals surface area (Å²) in [5.74, 6) is 0. The molecular weight excluding hydrogens is 184 g/mol. The van der Waals surface area contributed by atoms with Gasteiger partial charge in [-0.2, -0.15) is 0 Å². The minimum atomic E-state index is -0.787. The summed E-state index contributed by atoms with van der Waals surface area (Å²) in [5, 5.41) is 18.1. The van der Waals surface area contributed by atoms with Crippen LogP contribution >= 0.6 is 25.3 Å². The molecule has 1 saturated heterocycles. The molecule has 1 heterocycles. The van der Waals surface area contributed by atoms with E-state index >= 15 is 0 Å². The number of rotatable bonds is 3. The predicted octanol–water partition coefficient (Wildman–Crippen LogP) is 0.0304. The molecular formula is C6H12O3S2. The van der Waals surface area contributed by atoms with Crippen LogP contribution in [0.4, 0.5) is 0 Å². The summed E-state index contributed by atoms with van der Waals surface area (Å²) in [4.78, 5) is -0.639. The maximum Gasteiger partial charge on any atom is 0.150 e. The van der Waals surface area contributed by atoms with E-state index in [9.17, 15) is 5.11 Å². The van der Waals surface area contributed by atoms with Crippen molar-refractivity contribution in [3.05, 3.63) is 0 Å². The summed E-state index contributed by atoms with van der Waals surface area (Å²) in [7, 11) is 0. The lowest BCUT2D eigenvalue weighted by Gasteiger charge is -2.14. The fourth-order valence-corrected chi connectivity index (χ4v) is 1.45. The van der Waals surface area contributed by atoms with E-state index in [4.69, 9.17) is 9.84 Å². The van der Waals surface area contributed by atoms with Gasteiger partial charge in [-0.15, -0.1) is 25.3 Å². The summed E-state index contributed by atoms with van der Waals surface area (Å²) in [6, 6.07) is 0. The van der Waals surface area contributed by atoms with Crippen molar-refractivity contribution in [3.8, 4) is 0 Å². The van der Waals surface area contributed by atoms with E-state index in [1.807, 2.05) is 0 Å². The smallest absolute Gasteiger partial charge is 0.150 e. The molecule has 0 bridgehead atoms. The molecule has 0 aromatic heterocycles. The Hall–Kier alpha value is 0.580. The van der Waals surface area contributed by atoms with Gasteiger partial charge in [0.2, 0.25) is 0 Å². The van der Waals surface area contributed by atoms with Gasteiger partial charge >= 0.3 is 0 Å². The first-order valence-electron chi connectivity index (χ1n) is 3.40. The van der Waals surface area contributed by atoms with Gasteiger partial charge in [0.25, 0.3) is 0 Å². The third-order valence-electron chi connectivity index (χ3n) is 1.70. The minimum Gasteiger partial charge on any atom is -0.391 e. The number of aliphatic hydroxyl groups excluding tert-OH is 2. The van der Waals surface area contributed by atoms with Crippen LogP contribution in [0.3, 0.4) is 0 Å². The van der Waals surface area contributed by atoms with E-state index in [-0.39, 0.29) is 5.44 Å². The largest absolute Gasteiger partial charge is 0.391 e. The third-order valence-corrected chi connectivity index (χ3v) is 2.95. The molecule has 0 spiro atoms. The molecule has 0 aliphatic carbocycles. The second-order valence-electron chi connectivity index (χ2n) is 2.83. The Labute approximate surface area is 76.6 Å². The molecule has 5 heteroatoms. The molecule has 4 unspecified atom stereocenters. The van der Waals surface area contributed by atoms with Crippen molar-refractivity contribution in [2.75, 3.05) is 0 Å². The van der Waals surface area contributed by atoms with Crippen LogP contribution in [-0.4, -0.2) is 32.8 Å². The van der Waals surface area contributed by atoms with E-state index in [2.05, 4.69) is 25.3 Å². The SMILES string of the molecule is CC(O)C(O)CC1(S)OC1S. The first kappa shape index (κ1) is 9.67. The molecule has 3 nitrogen and oxygen atoms in total. The van der Waals surface area contributed by atoms with Crippen molar-refractivity contribution in [2.45, 2.75) is 35.9 Å². The van der Waals surface area contributed by atoms with Crippen LogP contribution in [0, 0.1) is 0 Å². The number of ether oxygens (including phenoxy) is 1. The molecule has 1 fully saturated rings. The van der Waals surface area contributed by atoms with Crippen molar-refractivity contribution < 1.29 is 14.9 Å². The van der Waals surface area contributed by atoms with Gasteiger partial charge in [0.15, 0.2) is 4.93 Å². The lowest BCUT2D eigenvalue weighted by atomic mass is 10.1. The van der Waals surface area contributed by atoms with Gasteiger partial charge in [-0.1, -0.05) is 0 Å². The van der Waals surface area contributed by atoms with Crippen LogP contribution in [0.1, 0.15) is 13.3 Å². The van der Waals surface area contributed by atoms with E-state index < -0.39 is 17.1 Å². The highest BCUT2D eigenvalue weighted by Gasteiger charge is 2.52. The van der Waals surface area contributed by atoms with E-state index in [1.54, 1.807) is 0 Å². The number of thiol groups is 2. The maximum absolute atomic E-state index is 9.21. The highest BCUT2D eigenvalue weighted by molar-refractivity contribution is 7.86. The molecule has 11 heavy (non-hydrogen) atoms. The summed E-state index contributed by atoms with van der Waals surface area (Å²) in [6.07, 6.45) is -1.23. The summed E-state index contributed by atoms with van der Waals surface area (Å²) >= 11 is 8.13. The van der Waals surface area contributed by atoms with Crippen LogP contribution in [0.2, 0.25) is 0 Å². The Morgan fingerprint density at radius 1 is 1.64 bits per heavy atom. The lowest BCUT2D eigenvalue weighted by Crippen LogP contribution is -2.27. The molecule has 0 aromatic carbocycles. The summed E-state index contributed by atoms with van der Waals surface area (Å²) < 4.78 is 4.98. The normalized spacial score (nSPS) is 41.7. The monoisotopic (exact) mass is 196 g/mol. The number of hydrogen-bond acceptors (Lipinski definition) is 5. The highest BCUT2D eigenvalue weighted by atomic mass is 32.1. The Balaban J connectivity index is 2.31. The van der Waals surface area contributed by atoms with Crippen LogP contribution < -0.4 is 0 Å². The van der Waals surface area contributed by atoms with Crippen molar-refractivity contribution in [1.82, 2.24) is 0 Å². The average Bonchev–Trinajstić information content (AvgIpc) is 2.39. The summed E-state index contributed by atoms with van der Waals surface area (Å²) in [6.45, 7) is 1.53. The molecule has 1 aliphatic heterocycles. The fourth-order valence-electron chi connectivity index (χ4n) is 0.778. The van der Waals surface area contributed by atoms with Gasteiger partial charge in [-0.25, -0.2) is 0 Å². The van der Waals surface area contributed by atoms with Gasteiger partial charge < -0.3 is 14.9 Å². The number of epoxide rings is 1. The Morgan fingerprint density at radius 3 is 2.36 bits per heavy atom.